The fraction of sp³-hybridized carbons (Fsp3) is 0.280. The molecular weight excluding hydrogens is 490 g/mol. The molecule has 1 aliphatic heterocycles. The lowest BCUT2D eigenvalue weighted by atomic mass is 9.98. The molecule has 0 aliphatic carbocycles. The average molecular weight is 512 g/mol. The maximum atomic E-state index is 13.7. The van der Waals surface area contributed by atoms with Crippen LogP contribution in [0.3, 0.4) is 0 Å². The number of carbonyl (C=O) groups is 1. The lowest BCUT2D eigenvalue weighted by molar-refractivity contribution is 0.0970. The van der Waals surface area contributed by atoms with Crippen molar-refractivity contribution in [2.24, 2.45) is 5.92 Å². The molecule has 1 amide bonds. The topological polar surface area (TPSA) is 94.8 Å². The Kier molecular flexibility index (Phi) is 6.21. The number of halogens is 1. The first-order valence-electron chi connectivity index (χ1n) is 11.1. The molecule has 3 heterocycles. The van der Waals surface area contributed by atoms with Gasteiger partial charge in [-0.3, -0.25) is 14.5 Å². The second-order valence-corrected chi connectivity index (χ2v) is 9.80. The molecule has 2 aromatic carbocycles. The van der Waals surface area contributed by atoms with E-state index in [1.807, 2.05) is 6.07 Å². The van der Waals surface area contributed by atoms with E-state index in [1.165, 1.54) is 21.7 Å². The van der Waals surface area contributed by atoms with E-state index >= 15 is 0 Å². The first-order valence-corrected chi connectivity index (χ1v) is 12.3. The molecule has 10 heteroatoms. The molecule has 0 N–H and O–H groups in total. The highest BCUT2D eigenvalue weighted by atomic mass is 35.5. The summed E-state index contributed by atoms with van der Waals surface area (Å²) in [5, 5.41) is 9.02. The van der Waals surface area contributed by atoms with Gasteiger partial charge < -0.3 is 13.9 Å². The van der Waals surface area contributed by atoms with Gasteiger partial charge in [-0.15, -0.1) is 10.2 Å². The summed E-state index contributed by atoms with van der Waals surface area (Å²) >= 11 is 7.34. The summed E-state index contributed by atoms with van der Waals surface area (Å²) < 4.78 is 17.4. The zero-order valence-electron chi connectivity index (χ0n) is 19.3. The van der Waals surface area contributed by atoms with Crippen LogP contribution >= 0.6 is 22.9 Å². The number of amides is 1. The number of aromatic nitrogens is 2. The normalized spacial score (nSPS) is 15.2. The van der Waals surface area contributed by atoms with Crippen LogP contribution in [0.5, 0.6) is 11.5 Å². The van der Waals surface area contributed by atoms with Gasteiger partial charge in [-0.2, -0.15) is 0 Å². The second-order valence-electron chi connectivity index (χ2n) is 8.55. The molecule has 180 valence electrons. The summed E-state index contributed by atoms with van der Waals surface area (Å²) in [4.78, 5) is 28.6. The zero-order chi connectivity index (χ0) is 24.7. The van der Waals surface area contributed by atoms with E-state index in [4.69, 9.17) is 25.5 Å². The van der Waals surface area contributed by atoms with Crippen molar-refractivity contribution in [2.75, 3.05) is 18.6 Å². The minimum absolute atomic E-state index is 0.0266. The molecule has 35 heavy (non-hydrogen) atoms. The highest BCUT2D eigenvalue weighted by Gasteiger charge is 2.45. The first-order chi connectivity index (χ1) is 16.9. The number of nitrogens with zero attached hydrogens (tertiary/aromatic N) is 3. The Hall–Kier alpha value is -3.43. The van der Waals surface area contributed by atoms with Gasteiger partial charge in [0.2, 0.25) is 10.9 Å². The molecule has 0 radical (unpaired) electrons. The molecule has 0 saturated heterocycles. The Balaban J connectivity index is 1.67. The van der Waals surface area contributed by atoms with Crippen LogP contribution in [0.2, 0.25) is 5.02 Å². The van der Waals surface area contributed by atoms with Crippen LogP contribution in [0.1, 0.15) is 48.0 Å². The summed E-state index contributed by atoms with van der Waals surface area (Å²) in [5.41, 5.74) is 2.35. The minimum Gasteiger partial charge on any atom is -0.493 e. The van der Waals surface area contributed by atoms with Crippen molar-refractivity contribution in [3.63, 3.8) is 0 Å². The van der Waals surface area contributed by atoms with E-state index < -0.39 is 11.9 Å². The van der Waals surface area contributed by atoms with E-state index in [0.29, 0.717) is 45.1 Å². The Morgan fingerprint density at radius 1 is 1.17 bits per heavy atom. The van der Waals surface area contributed by atoms with Crippen LogP contribution in [0.15, 0.2) is 51.1 Å². The van der Waals surface area contributed by atoms with Gasteiger partial charge in [0.25, 0.3) is 5.91 Å². The molecule has 1 atom stereocenters. The van der Waals surface area contributed by atoms with E-state index in [-0.39, 0.29) is 22.3 Å². The molecule has 5 rings (SSSR count). The summed E-state index contributed by atoms with van der Waals surface area (Å²) in [6, 6.07) is 9.33. The Morgan fingerprint density at radius 3 is 2.71 bits per heavy atom. The van der Waals surface area contributed by atoms with Crippen LogP contribution in [0, 0.1) is 5.92 Å². The lowest BCUT2D eigenvalue weighted by Crippen LogP contribution is -2.29. The third-order valence-corrected chi connectivity index (χ3v) is 6.77. The number of rotatable bonds is 7. The van der Waals surface area contributed by atoms with Crippen LogP contribution < -0.4 is 19.8 Å². The van der Waals surface area contributed by atoms with Crippen LogP contribution in [-0.4, -0.2) is 29.8 Å². The predicted molar refractivity (Wildman–Crippen MR) is 134 cm³/mol. The molecule has 0 saturated carbocycles. The number of benzene rings is 2. The molecule has 0 spiro atoms. The summed E-state index contributed by atoms with van der Waals surface area (Å²) in [6.45, 7) is 4.80. The number of carbonyl (C=O) groups excluding carboxylic acids is 1. The second kappa shape index (κ2) is 9.31. The number of hydrogen-bond donors (Lipinski definition) is 0. The fourth-order valence-electron chi connectivity index (χ4n) is 4.11. The maximum absolute atomic E-state index is 13.7. The van der Waals surface area contributed by atoms with Gasteiger partial charge in [0.05, 0.1) is 30.7 Å². The number of ether oxygens (including phenoxy) is 2. The van der Waals surface area contributed by atoms with Gasteiger partial charge >= 0.3 is 0 Å². The molecule has 0 bridgehead atoms. The summed E-state index contributed by atoms with van der Waals surface area (Å²) in [6.07, 6.45) is 0.900. The highest BCUT2D eigenvalue weighted by Crippen LogP contribution is 2.43. The van der Waals surface area contributed by atoms with Crippen molar-refractivity contribution in [2.45, 2.75) is 26.3 Å². The van der Waals surface area contributed by atoms with Crippen LogP contribution in [0.4, 0.5) is 5.13 Å². The smallest absolute Gasteiger partial charge is 0.297 e. The SMILES string of the molecule is COc1cc(C2c3c(oc4ccc(Cl)cc4c3=O)C(=O)N2c2nncs2)ccc1OCCC(C)C. The van der Waals surface area contributed by atoms with Gasteiger partial charge in [-0.25, -0.2) is 0 Å². The zero-order valence-corrected chi connectivity index (χ0v) is 20.9. The summed E-state index contributed by atoms with van der Waals surface area (Å²) in [5.74, 6) is 1.09. The van der Waals surface area contributed by atoms with E-state index in [0.717, 1.165) is 6.42 Å². The molecule has 1 aliphatic rings. The van der Waals surface area contributed by atoms with Gasteiger partial charge in [0.1, 0.15) is 11.1 Å². The molecule has 8 nitrogen and oxygen atoms in total. The fourth-order valence-corrected chi connectivity index (χ4v) is 4.86. The average Bonchev–Trinajstić information content (AvgIpc) is 3.46. The van der Waals surface area contributed by atoms with Crippen LogP contribution in [-0.2, 0) is 0 Å². The van der Waals surface area contributed by atoms with Gasteiger partial charge in [0.15, 0.2) is 16.9 Å². The summed E-state index contributed by atoms with van der Waals surface area (Å²) in [7, 11) is 1.55. The van der Waals surface area contributed by atoms with Gasteiger partial charge in [-0.05, 0) is 48.2 Å². The molecule has 2 aromatic heterocycles. The molecular formula is C25H22ClN3O5S. The molecule has 0 fully saturated rings. The molecule has 4 aromatic rings. The van der Waals surface area contributed by atoms with Crippen LogP contribution in [0.25, 0.3) is 11.0 Å². The highest BCUT2D eigenvalue weighted by molar-refractivity contribution is 7.13. The van der Waals surface area contributed by atoms with Crippen molar-refractivity contribution in [3.8, 4) is 11.5 Å². The Labute approximate surface area is 210 Å². The quantitative estimate of drug-likeness (QED) is 0.324. The Bertz CT molecular complexity index is 1470. The van der Waals surface area contributed by atoms with Gasteiger partial charge in [-0.1, -0.05) is 42.9 Å². The van der Waals surface area contributed by atoms with Gasteiger partial charge in [0, 0.05) is 5.02 Å². The van der Waals surface area contributed by atoms with Crippen molar-refractivity contribution in [1.82, 2.24) is 10.2 Å². The minimum atomic E-state index is -0.788. The van der Waals surface area contributed by atoms with E-state index in [2.05, 4.69) is 24.0 Å². The standard InChI is InChI=1S/C25H22ClN3O5S/c1-13(2)8-9-33-18-6-4-14(10-19(18)32-3)21-20-22(30)16-11-15(26)5-7-17(16)34-23(20)24(31)29(21)25-28-27-12-35-25/h4-7,10-13,21H,8-9H2,1-3H3. The number of hydrogen-bond acceptors (Lipinski definition) is 8. The Morgan fingerprint density at radius 2 is 2.00 bits per heavy atom. The van der Waals surface area contributed by atoms with Crippen molar-refractivity contribution in [3.05, 3.63) is 74.0 Å². The van der Waals surface area contributed by atoms with E-state index in [9.17, 15) is 9.59 Å². The number of methoxy groups -OCH3 is 1. The third-order valence-electron chi connectivity index (χ3n) is 5.84. The number of fused-ring (bicyclic) bond motifs is 2. The number of anilines is 1. The maximum Gasteiger partial charge on any atom is 0.297 e. The third kappa shape index (κ3) is 4.15. The first kappa shape index (κ1) is 23.3. The monoisotopic (exact) mass is 511 g/mol. The molecule has 1 unspecified atom stereocenters. The van der Waals surface area contributed by atoms with Crippen molar-refractivity contribution in [1.29, 1.82) is 0 Å². The largest absolute Gasteiger partial charge is 0.493 e. The van der Waals surface area contributed by atoms with Crippen molar-refractivity contribution >= 4 is 44.9 Å². The van der Waals surface area contributed by atoms with Crippen molar-refractivity contribution < 1.29 is 18.7 Å². The predicted octanol–water partition coefficient (Wildman–Crippen LogP) is 5.48. The lowest BCUT2D eigenvalue weighted by Gasteiger charge is -2.23. The van der Waals surface area contributed by atoms with E-state index in [1.54, 1.807) is 37.4 Å².